The Kier molecular flexibility index (Phi) is 6.81. The molecule has 0 aromatic carbocycles. The molecule has 0 aliphatic heterocycles. The van der Waals surface area contributed by atoms with E-state index in [9.17, 15) is 0 Å². The van der Waals surface area contributed by atoms with Gasteiger partial charge < -0.3 is 9.57 Å². The summed E-state index contributed by atoms with van der Waals surface area (Å²) >= 11 is 0. The van der Waals surface area contributed by atoms with Crippen molar-refractivity contribution in [2.75, 3.05) is 6.61 Å². The summed E-state index contributed by atoms with van der Waals surface area (Å²) in [4.78, 5) is 4.53. The van der Waals surface area contributed by atoms with Crippen LogP contribution < -0.4 is 5.90 Å². The second-order valence-corrected chi connectivity index (χ2v) is 3.08. The maximum atomic E-state index is 5.42. The monoisotopic (exact) mass is 173 g/mol. The molecule has 0 saturated heterocycles. The van der Waals surface area contributed by atoms with Crippen molar-refractivity contribution in [3.63, 3.8) is 0 Å². The van der Waals surface area contributed by atoms with Crippen LogP contribution in [0, 0.1) is 0 Å². The molecule has 0 bridgehead atoms. The highest BCUT2D eigenvalue weighted by Crippen LogP contribution is 2.04. The number of allylic oxidation sites excluding steroid dienone is 1. The summed E-state index contributed by atoms with van der Waals surface area (Å²) in [5.74, 6) is 4.97. The van der Waals surface area contributed by atoms with Crippen LogP contribution in [0.25, 0.3) is 0 Å². The second kappa shape index (κ2) is 7.13. The quantitative estimate of drug-likeness (QED) is 0.493. The van der Waals surface area contributed by atoms with Crippen LogP contribution in [0.3, 0.4) is 0 Å². The first-order chi connectivity index (χ1) is 5.70. The highest BCUT2D eigenvalue weighted by atomic mass is 16.6. The zero-order valence-corrected chi connectivity index (χ0v) is 8.17. The zero-order valence-electron chi connectivity index (χ0n) is 8.17. The molecule has 0 fully saturated rings. The Morgan fingerprint density at radius 1 is 1.50 bits per heavy atom. The standard InChI is InChI=1S/C9H19NO2/c1-4-5-9(7-12-10)11-6-8(2)3/h6,9H,4-5,7,10H2,1-3H3. The van der Waals surface area contributed by atoms with Crippen LogP contribution >= 0.6 is 0 Å². The largest absolute Gasteiger partial charge is 0.496 e. The van der Waals surface area contributed by atoms with Gasteiger partial charge in [-0.25, -0.2) is 5.90 Å². The van der Waals surface area contributed by atoms with Crippen LogP contribution in [-0.4, -0.2) is 12.7 Å². The van der Waals surface area contributed by atoms with Gasteiger partial charge in [-0.15, -0.1) is 0 Å². The van der Waals surface area contributed by atoms with Crippen molar-refractivity contribution < 1.29 is 9.57 Å². The molecule has 12 heavy (non-hydrogen) atoms. The van der Waals surface area contributed by atoms with Gasteiger partial charge in [0.1, 0.15) is 12.7 Å². The zero-order chi connectivity index (χ0) is 9.40. The maximum Gasteiger partial charge on any atom is 0.123 e. The van der Waals surface area contributed by atoms with E-state index in [4.69, 9.17) is 10.6 Å². The fraction of sp³-hybridized carbons (Fsp3) is 0.778. The molecule has 0 radical (unpaired) electrons. The van der Waals surface area contributed by atoms with Crippen LogP contribution in [0.4, 0.5) is 0 Å². The molecular formula is C9H19NO2. The van der Waals surface area contributed by atoms with Crippen LogP contribution in [0.1, 0.15) is 33.6 Å². The number of nitrogens with two attached hydrogens (primary N) is 1. The number of rotatable bonds is 6. The Hall–Kier alpha value is -0.540. The number of ether oxygens (including phenoxy) is 1. The van der Waals surface area contributed by atoms with Crippen molar-refractivity contribution in [2.45, 2.75) is 39.7 Å². The van der Waals surface area contributed by atoms with Crippen molar-refractivity contribution in [1.29, 1.82) is 0 Å². The van der Waals surface area contributed by atoms with Crippen LogP contribution in [0.2, 0.25) is 0 Å². The van der Waals surface area contributed by atoms with Crippen molar-refractivity contribution >= 4 is 0 Å². The molecule has 0 rings (SSSR count). The third kappa shape index (κ3) is 6.19. The molecule has 1 atom stereocenters. The highest BCUT2D eigenvalue weighted by Gasteiger charge is 2.05. The minimum absolute atomic E-state index is 0.0925. The van der Waals surface area contributed by atoms with E-state index in [0.717, 1.165) is 18.4 Å². The molecule has 0 saturated carbocycles. The molecule has 0 aromatic rings. The molecule has 0 aliphatic carbocycles. The molecule has 0 aromatic heterocycles. The van der Waals surface area contributed by atoms with E-state index in [1.54, 1.807) is 6.26 Å². The summed E-state index contributed by atoms with van der Waals surface area (Å²) in [7, 11) is 0. The van der Waals surface area contributed by atoms with Crippen molar-refractivity contribution in [3.8, 4) is 0 Å². The normalized spacial score (nSPS) is 12.3. The van der Waals surface area contributed by atoms with Gasteiger partial charge in [0, 0.05) is 0 Å². The molecular weight excluding hydrogens is 154 g/mol. The number of hydrogen-bond donors (Lipinski definition) is 1. The third-order valence-corrected chi connectivity index (χ3v) is 1.39. The van der Waals surface area contributed by atoms with Crippen LogP contribution in [-0.2, 0) is 9.57 Å². The molecule has 72 valence electrons. The van der Waals surface area contributed by atoms with Gasteiger partial charge in [0.2, 0.25) is 0 Å². The van der Waals surface area contributed by atoms with E-state index >= 15 is 0 Å². The lowest BCUT2D eigenvalue weighted by Gasteiger charge is -2.14. The lowest BCUT2D eigenvalue weighted by Crippen LogP contribution is -2.19. The van der Waals surface area contributed by atoms with E-state index in [1.807, 2.05) is 13.8 Å². The molecule has 3 heteroatoms. The van der Waals surface area contributed by atoms with E-state index < -0.39 is 0 Å². The maximum absolute atomic E-state index is 5.42. The smallest absolute Gasteiger partial charge is 0.123 e. The lowest BCUT2D eigenvalue weighted by atomic mass is 10.2. The van der Waals surface area contributed by atoms with Crippen LogP contribution in [0.15, 0.2) is 11.8 Å². The highest BCUT2D eigenvalue weighted by molar-refractivity contribution is 4.87. The third-order valence-electron chi connectivity index (χ3n) is 1.39. The topological polar surface area (TPSA) is 44.5 Å². The van der Waals surface area contributed by atoms with Crippen LogP contribution in [0.5, 0.6) is 0 Å². The van der Waals surface area contributed by atoms with Crippen molar-refractivity contribution in [1.82, 2.24) is 0 Å². The van der Waals surface area contributed by atoms with Crippen molar-refractivity contribution in [3.05, 3.63) is 11.8 Å². The molecule has 1 unspecified atom stereocenters. The lowest BCUT2D eigenvalue weighted by molar-refractivity contribution is 0.0216. The van der Waals surface area contributed by atoms with Gasteiger partial charge >= 0.3 is 0 Å². The molecule has 0 aliphatic rings. The molecule has 0 heterocycles. The SMILES string of the molecule is CCCC(CON)OC=C(C)C. The Morgan fingerprint density at radius 3 is 2.58 bits per heavy atom. The predicted molar refractivity (Wildman–Crippen MR) is 49.4 cm³/mol. The summed E-state index contributed by atoms with van der Waals surface area (Å²) in [6.45, 7) is 6.55. The van der Waals surface area contributed by atoms with Gasteiger partial charge in [-0.2, -0.15) is 0 Å². The van der Waals surface area contributed by atoms with E-state index in [-0.39, 0.29) is 6.10 Å². The first-order valence-corrected chi connectivity index (χ1v) is 4.31. The van der Waals surface area contributed by atoms with E-state index in [1.165, 1.54) is 0 Å². The molecule has 0 amide bonds. The summed E-state index contributed by atoms with van der Waals surface area (Å²) in [6, 6.07) is 0. The minimum Gasteiger partial charge on any atom is -0.496 e. The fourth-order valence-corrected chi connectivity index (χ4v) is 0.852. The van der Waals surface area contributed by atoms with Gasteiger partial charge in [-0.05, 0) is 25.8 Å². The fourth-order valence-electron chi connectivity index (χ4n) is 0.852. The Morgan fingerprint density at radius 2 is 2.17 bits per heavy atom. The van der Waals surface area contributed by atoms with Crippen molar-refractivity contribution in [2.24, 2.45) is 5.90 Å². The predicted octanol–water partition coefficient (Wildman–Crippen LogP) is 1.99. The first-order valence-electron chi connectivity index (χ1n) is 4.31. The summed E-state index contributed by atoms with van der Waals surface area (Å²) in [6.07, 6.45) is 3.89. The first kappa shape index (κ1) is 11.5. The molecule has 2 N–H and O–H groups in total. The average Bonchev–Trinajstić information content (AvgIpc) is 2.01. The summed E-state index contributed by atoms with van der Waals surface area (Å²) < 4.78 is 5.42. The van der Waals surface area contributed by atoms with E-state index in [0.29, 0.717) is 6.61 Å². The minimum atomic E-state index is 0.0925. The average molecular weight is 173 g/mol. The van der Waals surface area contributed by atoms with Gasteiger partial charge in [-0.3, -0.25) is 0 Å². The summed E-state index contributed by atoms with van der Waals surface area (Å²) in [5, 5.41) is 0. The molecule has 0 spiro atoms. The second-order valence-electron chi connectivity index (χ2n) is 3.08. The van der Waals surface area contributed by atoms with Gasteiger partial charge in [0.15, 0.2) is 0 Å². The van der Waals surface area contributed by atoms with Gasteiger partial charge in [-0.1, -0.05) is 13.3 Å². The van der Waals surface area contributed by atoms with E-state index in [2.05, 4.69) is 11.8 Å². The van der Waals surface area contributed by atoms with Gasteiger partial charge in [0.25, 0.3) is 0 Å². The molecule has 3 nitrogen and oxygen atoms in total. The Labute approximate surface area is 74.5 Å². The summed E-state index contributed by atoms with van der Waals surface area (Å²) in [5.41, 5.74) is 1.15. The number of hydrogen-bond acceptors (Lipinski definition) is 3. The van der Waals surface area contributed by atoms with Gasteiger partial charge in [0.05, 0.1) is 6.26 Å². The Balaban J connectivity index is 3.69. The Bertz CT molecular complexity index is 124.